The summed E-state index contributed by atoms with van der Waals surface area (Å²) in [5, 5.41) is 3.63. The summed E-state index contributed by atoms with van der Waals surface area (Å²) < 4.78 is 0. The summed E-state index contributed by atoms with van der Waals surface area (Å²) >= 11 is 0. The number of hydrogen-bond acceptors (Lipinski definition) is 2. The molecule has 2 unspecified atom stereocenters. The zero-order valence-corrected chi connectivity index (χ0v) is 9.97. The summed E-state index contributed by atoms with van der Waals surface area (Å²) in [7, 11) is 0. The van der Waals surface area contributed by atoms with Crippen molar-refractivity contribution in [3.63, 3.8) is 0 Å². The van der Waals surface area contributed by atoms with E-state index in [2.05, 4.69) is 26.1 Å². The molecule has 0 saturated heterocycles. The lowest BCUT2D eigenvalue weighted by atomic mass is 10.00. The maximum atomic E-state index is 5.92. The first-order valence-corrected chi connectivity index (χ1v) is 5.99. The predicted molar refractivity (Wildman–Crippen MR) is 62.3 cm³/mol. The summed E-state index contributed by atoms with van der Waals surface area (Å²) in [5.41, 5.74) is 5.93. The van der Waals surface area contributed by atoms with Gasteiger partial charge in [-0.3, -0.25) is 0 Å². The summed E-state index contributed by atoms with van der Waals surface area (Å²) in [5.74, 6) is 0.929. The Morgan fingerprint density at radius 2 is 2.07 bits per heavy atom. The molecular formula is C12H26N2. The fourth-order valence-corrected chi connectivity index (χ4v) is 2.24. The molecule has 0 aromatic rings. The normalized spacial score (nSPS) is 28.3. The van der Waals surface area contributed by atoms with Crippen LogP contribution < -0.4 is 11.1 Å². The molecule has 0 spiro atoms. The molecule has 0 amide bonds. The number of rotatable bonds is 5. The van der Waals surface area contributed by atoms with Gasteiger partial charge in [0.05, 0.1) is 0 Å². The van der Waals surface area contributed by atoms with E-state index in [-0.39, 0.29) is 5.54 Å². The van der Waals surface area contributed by atoms with Crippen LogP contribution in [-0.2, 0) is 0 Å². The van der Waals surface area contributed by atoms with E-state index in [1.807, 2.05) is 0 Å². The minimum atomic E-state index is 0.00461. The molecule has 0 aromatic heterocycles. The van der Waals surface area contributed by atoms with Crippen LogP contribution >= 0.6 is 0 Å². The third kappa shape index (κ3) is 4.97. The van der Waals surface area contributed by atoms with E-state index in [1.54, 1.807) is 0 Å². The van der Waals surface area contributed by atoms with Crippen molar-refractivity contribution in [3.8, 4) is 0 Å². The van der Waals surface area contributed by atoms with Crippen LogP contribution in [0.4, 0.5) is 0 Å². The van der Waals surface area contributed by atoms with Crippen molar-refractivity contribution in [2.75, 3.05) is 6.54 Å². The Kier molecular flexibility index (Phi) is 4.39. The smallest absolute Gasteiger partial charge is 0.00975 e. The van der Waals surface area contributed by atoms with Gasteiger partial charge in [-0.2, -0.15) is 0 Å². The largest absolute Gasteiger partial charge is 0.326 e. The van der Waals surface area contributed by atoms with Gasteiger partial charge in [0.15, 0.2) is 0 Å². The van der Waals surface area contributed by atoms with Gasteiger partial charge < -0.3 is 11.1 Å². The Balaban J connectivity index is 1.99. The molecule has 14 heavy (non-hydrogen) atoms. The average molecular weight is 198 g/mol. The first-order chi connectivity index (χ1) is 6.47. The monoisotopic (exact) mass is 198 g/mol. The third-order valence-electron chi connectivity index (χ3n) is 3.13. The van der Waals surface area contributed by atoms with Crippen molar-refractivity contribution >= 4 is 0 Å². The van der Waals surface area contributed by atoms with Gasteiger partial charge in [-0.25, -0.2) is 0 Å². The first kappa shape index (κ1) is 12.0. The molecule has 1 aliphatic rings. The number of nitrogens with two attached hydrogens (primary N) is 1. The molecular weight excluding hydrogens is 172 g/mol. The SMILES string of the molecule is CC1CCC(NCCCC(C)(C)N)C1. The maximum absolute atomic E-state index is 5.92. The minimum absolute atomic E-state index is 0.00461. The molecule has 3 N–H and O–H groups in total. The molecule has 1 saturated carbocycles. The topological polar surface area (TPSA) is 38.0 Å². The summed E-state index contributed by atoms with van der Waals surface area (Å²) in [6, 6.07) is 0.783. The number of hydrogen-bond donors (Lipinski definition) is 2. The highest BCUT2D eigenvalue weighted by Crippen LogP contribution is 2.24. The number of nitrogens with one attached hydrogen (secondary N) is 1. The Morgan fingerprint density at radius 3 is 2.57 bits per heavy atom. The van der Waals surface area contributed by atoms with E-state index in [0.717, 1.165) is 24.9 Å². The third-order valence-corrected chi connectivity index (χ3v) is 3.13. The van der Waals surface area contributed by atoms with Gasteiger partial charge in [-0.15, -0.1) is 0 Å². The van der Waals surface area contributed by atoms with Gasteiger partial charge in [0.1, 0.15) is 0 Å². The Labute approximate surface area is 88.6 Å². The second kappa shape index (κ2) is 5.13. The lowest BCUT2D eigenvalue weighted by molar-refractivity contribution is 0.427. The van der Waals surface area contributed by atoms with Crippen LogP contribution in [0.5, 0.6) is 0 Å². The fraction of sp³-hybridized carbons (Fsp3) is 1.00. The second-order valence-corrected chi connectivity index (χ2v) is 5.66. The van der Waals surface area contributed by atoms with E-state index in [4.69, 9.17) is 5.73 Å². The molecule has 2 nitrogen and oxygen atoms in total. The van der Waals surface area contributed by atoms with Crippen LogP contribution in [0, 0.1) is 5.92 Å². The van der Waals surface area contributed by atoms with E-state index >= 15 is 0 Å². The highest BCUT2D eigenvalue weighted by atomic mass is 14.9. The van der Waals surface area contributed by atoms with Gasteiger partial charge in [-0.05, 0) is 58.4 Å². The first-order valence-electron chi connectivity index (χ1n) is 5.99. The molecule has 1 aliphatic carbocycles. The predicted octanol–water partition coefficient (Wildman–Crippen LogP) is 2.28. The molecule has 2 atom stereocenters. The van der Waals surface area contributed by atoms with Crippen LogP contribution in [0.15, 0.2) is 0 Å². The maximum Gasteiger partial charge on any atom is 0.00975 e. The molecule has 0 heterocycles. The lowest BCUT2D eigenvalue weighted by Crippen LogP contribution is -2.34. The van der Waals surface area contributed by atoms with Gasteiger partial charge in [0, 0.05) is 11.6 Å². The van der Waals surface area contributed by atoms with Crippen LogP contribution in [0.25, 0.3) is 0 Å². The van der Waals surface area contributed by atoms with E-state index in [0.29, 0.717) is 0 Å². The Morgan fingerprint density at radius 1 is 1.36 bits per heavy atom. The van der Waals surface area contributed by atoms with Crippen LogP contribution in [-0.4, -0.2) is 18.1 Å². The molecule has 0 aliphatic heterocycles. The van der Waals surface area contributed by atoms with Gasteiger partial charge in [0.2, 0.25) is 0 Å². The molecule has 0 bridgehead atoms. The van der Waals surface area contributed by atoms with E-state index in [9.17, 15) is 0 Å². The van der Waals surface area contributed by atoms with Crippen molar-refractivity contribution in [1.82, 2.24) is 5.32 Å². The van der Waals surface area contributed by atoms with Gasteiger partial charge in [0.25, 0.3) is 0 Å². The highest BCUT2D eigenvalue weighted by molar-refractivity contribution is 4.79. The van der Waals surface area contributed by atoms with Gasteiger partial charge in [-0.1, -0.05) is 6.92 Å². The average Bonchev–Trinajstić information content (AvgIpc) is 2.44. The van der Waals surface area contributed by atoms with Gasteiger partial charge >= 0.3 is 0 Å². The molecule has 84 valence electrons. The lowest BCUT2D eigenvalue weighted by Gasteiger charge is -2.19. The summed E-state index contributed by atoms with van der Waals surface area (Å²) in [6.07, 6.45) is 6.45. The molecule has 0 radical (unpaired) electrons. The van der Waals surface area contributed by atoms with Crippen molar-refractivity contribution in [1.29, 1.82) is 0 Å². The zero-order valence-electron chi connectivity index (χ0n) is 9.97. The molecule has 1 rings (SSSR count). The van der Waals surface area contributed by atoms with Crippen molar-refractivity contribution in [2.45, 2.75) is 64.5 Å². The summed E-state index contributed by atoms with van der Waals surface area (Å²) in [6.45, 7) is 7.69. The fourth-order valence-electron chi connectivity index (χ4n) is 2.24. The van der Waals surface area contributed by atoms with Crippen molar-refractivity contribution < 1.29 is 0 Å². The van der Waals surface area contributed by atoms with Crippen molar-refractivity contribution in [2.24, 2.45) is 11.7 Å². The Hall–Kier alpha value is -0.0800. The quantitative estimate of drug-likeness (QED) is 0.665. The molecule has 2 heteroatoms. The van der Waals surface area contributed by atoms with Crippen molar-refractivity contribution in [3.05, 3.63) is 0 Å². The van der Waals surface area contributed by atoms with E-state index in [1.165, 1.54) is 25.7 Å². The zero-order chi connectivity index (χ0) is 10.6. The molecule has 0 aromatic carbocycles. The second-order valence-electron chi connectivity index (χ2n) is 5.66. The van der Waals surface area contributed by atoms with Crippen LogP contribution in [0.1, 0.15) is 52.9 Å². The minimum Gasteiger partial charge on any atom is -0.326 e. The molecule has 1 fully saturated rings. The summed E-state index contributed by atoms with van der Waals surface area (Å²) in [4.78, 5) is 0. The van der Waals surface area contributed by atoms with E-state index < -0.39 is 0 Å². The Bertz CT molecular complexity index is 160. The van der Waals surface area contributed by atoms with Crippen LogP contribution in [0.3, 0.4) is 0 Å². The van der Waals surface area contributed by atoms with Crippen LogP contribution in [0.2, 0.25) is 0 Å². The highest BCUT2D eigenvalue weighted by Gasteiger charge is 2.20. The standard InChI is InChI=1S/C12H26N2/c1-10-5-6-11(9-10)14-8-4-7-12(2,3)13/h10-11,14H,4-9,13H2,1-3H3.